The number of nitrogens with one attached hydrogen (secondary N) is 1. The Balaban J connectivity index is 1.50. The lowest BCUT2D eigenvalue weighted by atomic mass is 10.2. The van der Waals surface area contributed by atoms with E-state index in [-0.39, 0.29) is 17.4 Å². The monoisotopic (exact) mass is 315 g/mol. The third-order valence-corrected chi connectivity index (χ3v) is 3.99. The molecular weight excluding hydrogens is 294 g/mol. The standard InChI is InChI=1S/C15H21N7O/c16-14-13(17-8-9-18-14)15(23)19-7-4-6-12-21-20-11-5-2-1-3-10-22(11)12/h8-9H,1-7,10H2,(H2,16,18)(H,19,23). The van der Waals surface area contributed by atoms with Crippen molar-refractivity contribution in [1.82, 2.24) is 30.0 Å². The SMILES string of the molecule is Nc1nccnc1C(=O)NCCCc1nnc2n1CCCCC2. The number of aryl methyl sites for hydroxylation is 2. The number of carbonyl (C=O) groups is 1. The van der Waals surface area contributed by atoms with Gasteiger partial charge in [0.25, 0.3) is 5.91 Å². The summed E-state index contributed by atoms with van der Waals surface area (Å²) >= 11 is 0. The van der Waals surface area contributed by atoms with Gasteiger partial charge in [-0.2, -0.15) is 0 Å². The van der Waals surface area contributed by atoms with Crippen molar-refractivity contribution in [3.05, 3.63) is 29.7 Å². The van der Waals surface area contributed by atoms with E-state index in [1.807, 2.05) is 0 Å². The van der Waals surface area contributed by atoms with Crippen molar-refractivity contribution >= 4 is 11.7 Å². The molecule has 1 aliphatic heterocycles. The van der Waals surface area contributed by atoms with Gasteiger partial charge < -0.3 is 15.6 Å². The number of nitrogens with zero attached hydrogens (tertiary/aromatic N) is 5. The van der Waals surface area contributed by atoms with Crippen LogP contribution >= 0.6 is 0 Å². The molecule has 0 unspecified atom stereocenters. The van der Waals surface area contributed by atoms with E-state index in [1.54, 1.807) is 0 Å². The maximum atomic E-state index is 12.0. The summed E-state index contributed by atoms with van der Waals surface area (Å²) in [5, 5.41) is 11.4. The summed E-state index contributed by atoms with van der Waals surface area (Å²) in [7, 11) is 0. The van der Waals surface area contributed by atoms with Gasteiger partial charge in [0.05, 0.1) is 0 Å². The highest BCUT2D eigenvalue weighted by Gasteiger charge is 2.15. The summed E-state index contributed by atoms with van der Waals surface area (Å²) in [5.41, 5.74) is 5.81. The molecule has 2 aromatic heterocycles. The second-order valence-electron chi connectivity index (χ2n) is 5.64. The van der Waals surface area contributed by atoms with E-state index in [4.69, 9.17) is 5.73 Å². The number of hydrogen-bond acceptors (Lipinski definition) is 6. The summed E-state index contributed by atoms with van der Waals surface area (Å²) in [6.45, 7) is 1.54. The molecule has 3 heterocycles. The Morgan fingerprint density at radius 1 is 1.22 bits per heavy atom. The van der Waals surface area contributed by atoms with Gasteiger partial charge in [-0.25, -0.2) is 9.97 Å². The van der Waals surface area contributed by atoms with Crippen LogP contribution in [0.15, 0.2) is 12.4 Å². The number of aromatic nitrogens is 5. The molecule has 3 rings (SSSR count). The zero-order chi connectivity index (χ0) is 16.1. The smallest absolute Gasteiger partial charge is 0.273 e. The van der Waals surface area contributed by atoms with E-state index >= 15 is 0 Å². The topological polar surface area (TPSA) is 112 Å². The van der Waals surface area contributed by atoms with E-state index in [1.165, 1.54) is 31.7 Å². The first-order chi connectivity index (χ1) is 11.3. The van der Waals surface area contributed by atoms with Crippen LogP contribution in [0.2, 0.25) is 0 Å². The molecule has 0 fully saturated rings. The number of anilines is 1. The van der Waals surface area contributed by atoms with Crippen molar-refractivity contribution in [2.24, 2.45) is 0 Å². The van der Waals surface area contributed by atoms with Crippen molar-refractivity contribution in [1.29, 1.82) is 0 Å². The minimum absolute atomic E-state index is 0.146. The fourth-order valence-electron chi connectivity index (χ4n) is 2.79. The summed E-state index contributed by atoms with van der Waals surface area (Å²) in [6.07, 6.45) is 9.13. The molecule has 2 aromatic rings. The predicted molar refractivity (Wildman–Crippen MR) is 84.7 cm³/mol. The van der Waals surface area contributed by atoms with Gasteiger partial charge >= 0.3 is 0 Å². The molecule has 0 atom stereocenters. The predicted octanol–water partition coefficient (Wildman–Crippen LogP) is 0.739. The number of nitrogen functional groups attached to an aromatic ring is 1. The van der Waals surface area contributed by atoms with Gasteiger partial charge in [0.2, 0.25) is 0 Å². The zero-order valence-electron chi connectivity index (χ0n) is 13.0. The molecule has 0 saturated carbocycles. The van der Waals surface area contributed by atoms with Crippen LogP contribution in [-0.4, -0.2) is 37.2 Å². The molecule has 0 aliphatic carbocycles. The van der Waals surface area contributed by atoms with Crippen LogP contribution in [0.25, 0.3) is 0 Å². The quantitative estimate of drug-likeness (QED) is 0.787. The van der Waals surface area contributed by atoms with Crippen LogP contribution in [0.3, 0.4) is 0 Å². The highest BCUT2D eigenvalue weighted by atomic mass is 16.1. The minimum atomic E-state index is -0.296. The lowest BCUT2D eigenvalue weighted by molar-refractivity contribution is 0.0949. The first kappa shape index (κ1) is 15.4. The Bertz CT molecular complexity index is 682. The Morgan fingerprint density at radius 2 is 2.09 bits per heavy atom. The third kappa shape index (κ3) is 3.64. The fourth-order valence-corrected chi connectivity index (χ4v) is 2.79. The van der Waals surface area contributed by atoms with Crippen LogP contribution in [0, 0.1) is 0 Å². The Morgan fingerprint density at radius 3 is 2.96 bits per heavy atom. The Hall–Kier alpha value is -2.51. The number of nitrogens with two attached hydrogens (primary N) is 1. The average Bonchev–Trinajstić information content (AvgIpc) is 2.79. The van der Waals surface area contributed by atoms with Crippen molar-refractivity contribution in [2.45, 2.75) is 45.1 Å². The van der Waals surface area contributed by atoms with Gasteiger partial charge in [0.1, 0.15) is 11.6 Å². The molecule has 8 heteroatoms. The van der Waals surface area contributed by atoms with E-state index in [0.717, 1.165) is 37.5 Å². The van der Waals surface area contributed by atoms with E-state index < -0.39 is 0 Å². The molecule has 0 radical (unpaired) electrons. The fraction of sp³-hybridized carbons (Fsp3) is 0.533. The molecular formula is C15H21N7O. The first-order valence-electron chi connectivity index (χ1n) is 8.01. The number of fused-ring (bicyclic) bond motifs is 1. The minimum Gasteiger partial charge on any atom is -0.382 e. The summed E-state index contributed by atoms with van der Waals surface area (Å²) in [4.78, 5) is 19.8. The molecule has 0 aromatic carbocycles. The second kappa shape index (κ2) is 7.17. The molecule has 23 heavy (non-hydrogen) atoms. The summed E-state index contributed by atoms with van der Waals surface area (Å²) in [6, 6.07) is 0. The molecule has 0 bridgehead atoms. The van der Waals surface area contributed by atoms with E-state index in [2.05, 4.69) is 30.0 Å². The molecule has 122 valence electrons. The summed E-state index contributed by atoms with van der Waals surface area (Å²) in [5.74, 6) is 1.95. The largest absolute Gasteiger partial charge is 0.382 e. The maximum Gasteiger partial charge on any atom is 0.273 e. The number of carbonyl (C=O) groups excluding carboxylic acids is 1. The van der Waals surface area contributed by atoms with Gasteiger partial charge in [-0.15, -0.1) is 10.2 Å². The van der Waals surface area contributed by atoms with E-state index in [9.17, 15) is 4.79 Å². The van der Waals surface area contributed by atoms with Crippen molar-refractivity contribution in [3.63, 3.8) is 0 Å². The summed E-state index contributed by atoms with van der Waals surface area (Å²) < 4.78 is 2.23. The molecule has 3 N–H and O–H groups in total. The Kier molecular flexibility index (Phi) is 4.80. The van der Waals surface area contributed by atoms with Gasteiger partial charge in [-0.3, -0.25) is 4.79 Å². The van der Waals surface area contributed by atoms with Gasteiger partial charge in [0.15, 0.2) is 11.5 Å². The van der Waals surface area contributed by atoms with E-state index in [0.29, 0.717) is 6.54 Å². The van der Waals surface area contributed by atoms with Crippen LogP contribution in [0.1, 0.15) is 47.8 Å². The number of rotatable bonds is 5. The zero-order valence-corrected chi connectivity index (χ0v) is 13.0. The Labute approximate surface area is 134 Å². The molecule has 0 spiro atoms. The maximum absolute atomic E-state index is 12.0. The molecule has 0 saturated heterocycles. The van der Waals surface area contributed by atoms with Crippen LogP contribution in [-0.2, 0) is 19.4 Å². The lowest BCUT2D eigenvalue weighted by Crippen LogP contribution is -2.27. The van der Waals surface area contributed by atoms with Crippen LogP contribution in [0.5, 0.6) is 0 Å². The first-order valence-corrected chi connectivity index (χ1v) is 8.01. The van der Waals surface area contributed by atoms with Crippen molar-refractivity contribution < 1.29 is 4.79 Å². The molecule has 1 amide bonds. The second-order valence-corrected chi connectivity index (χ2v) is 5.64. The third-order valence-electron chi connectivity index (χ3n) is 3.99. The van der Waals surface area contributed by atoms with Gasteiger partial charge in [-0.1, -0.05) is 6.42 Å². The molecule has 8 nitrogen and oxygen atoms in total. The van der Waals surface area contributed by atoms with Crippen molar-refractivity contribution in [3.8, 4) is 0 Å². The highest BCUT2D eigenvalue weighted by Crippen LogP contribution is 2.15. The number of amides is 1. The lowest BCUT2D eigenvalue weighted by Gasteiger charge is -2.08. The van der Waals surface area contributed by atoms with Crippen LogP contribution in [0.4, 0.5) is 5.82 Å². The highest BCUT2D eigenvalue weighted by molar-refractivity contribution is 5.96. The number of hydrogen-bond donors (Lipinski definition) is 2. The average molecular weight is 315 g/mol. The normalized spacial score (nSPS) is 14.1. The van der Waals surface area contributed by atoms with Crippen LogP contribution < -0.4 is 11.1 Å². The molecule has 1 aliphatic rings. The van der Waals surface area contributed by atoms with Gasteiger partial charge in [-0.05, 0) is 19.3 Å². The van der Waals surface area contributed by atoms with Gasteiger partial charge in [0, 0.05) is 38.3 Å². The van der Waals surface area contributed by atoms with Crippen molar-refractivity contribution in [2.75, 3.05) is 12.3 Å².